The number of amides is 4. The summed E-state index contributed by atoms with van der Waals surface area (Å²) in [7, 11) is 8.71. The van der Waals surface area contributed by atoms with E-state index in [1.807, 2.05) is 37.9 Å². The van der Waals surface area contributed by atoms with Crippen LogP contribution < -0.4 is 20.1 Å². The van der Waals surface area contributed by atoms with E-state index in [1.165, 1.54) is 0 Å². The molecule has 90 heavy (non-hydrogen) atoms. The van der Waals surface area contributed by atoms with Gasteiger partial charge in [0.1, 0.15) is 17.0 Å². The predicted molar refractivity (Wildman–Crippen MR) is 339 cm³/mol. The van der Waals surface area contributed by atoms with E-state index in [0.717, 1.165) is 63.6 Å². The van der Waals surface area contributed by atoms with E-state index >= 15 is 0 Å². The maximum Gasteiger partial charge on any atom is 0.329 e. The topological polar surface area (TPSA) is 300 Å². The molecule has 2 aliphatic carbocycles. The van der Waals surface area contributed by atoms with Crippen molar-refractivity contribution in [2.75, 3.05) is 147 Å². The van der Waals surface area contributed by atoms with Crippen LogP contribution in [0.1, 0.15) is 130 Å². The first-order valence-electron chi connectivity index (χ1n) is 32.0. The molecule has 498 valence electrons. The number of methoxy groups -OCH3 is 2. The molecule has 25 nitrogen and oxygen atoms in total. The fourth-order valence-electron chi connectivity index (χ4n) is 13.0. The van der Waals surface area contributed by atoms with Crippen molar-refractivity contribution in [1.82, 2.24) is 54.7 Å². The Hall–Kier alpha value is -7.19. The van der Waals surface area contributed by atoms with Gasteiger partial charge in [0.25, 0.3) is 11.8 Å². The van der Waals surface area contributed by atoms with Crippen molar-refractivity contribution >= 4 is 47.5 Å². The van der Waals surface area contributed by atoms with Gasteiger partial charge in [0.15, 0.2) is 5.69 Å². The number of fused-ring (bicyclic) bond motifs is 2. The molecule has 4 unspecified atom stereocenters. The first-order valence-corrected chi connectivity index (χ1v) is 32.0. The highest BCUT2D eigenvalue weighted by molar-refractivity contribution is 5.98. The number of carboxylic acids is 4. The summed E-state index contributed by atoms with van der Waals surface area (Å²) in [6, 6.07) is 12.5. The SMILES string of the molecule is CCC1CC2CCC(NC(=O)c3cc(-c4c(OC)cccc4OC)n(-c4ccc(C(=O)N(C)CCCN(C)CCCN(C)C(=O)CCCCCNC(=O)CN5CCN(CC(=O)O)CCN(CC(=O)O)CCN(CC(=O)O)CC5)cc4C(C)C)n3)(C(=O)O)C(C1)C2. The molecule has 4 amide bonds. The fraction of sp³-hybridized carbons (Fsp3) is 0.646. The van der Waals surface area contributed by atoms with Gasteiger partial charge < -0.3 is 55.2 Å². The second-order valence-corrected chi connectivity index (χ2v) is 25.1. The molecule has 6 N–H and O–H groups in total. The molecule has 3 aliphatic rings. The van der Waals surface area contributed by atoms with Crippen LogP contribution in [-0.2, 0) is 28.8 Å². The molecule has 2 aromatic carbocycles. The van der Waals surface area contributed by atoms with Gasteiger partial charge in [-0.2, -0.15) is 5.10 Å². The molecular weight excluding hydrogens is 1160 g/mol. The number of benzene rings is 2. The molecule has 1 aliphatic heterocycles. The number of unbranched alkanes of at least 4 members (excludes halogenated alkanes) is 2. The normalized spacial score (nSPS) is 19.7. The van der Waals surface area contributed by atoms with E-state index in [2.05, 4.69) is 22.5 Å². The van der Waals surface area contributed by atoms with Crippen molar-refractivity contribution in [3.63, 3.8) is 0 Å². The third-order valence-electron chi connectivity index (χ3n) is 18.2. The first-order chi connectivity index (χ1) is 42.9. The van der Waals surface area contributed by atoms with Gasteiger partial charge in [-0.15, -0.1) is 0 Å². The Balaban J connectivity index is 0.958. The summed E-state index contributed by atoms with van der Waals surface area (Å²) < 4.78 is 13.4. The van der Waals surface area contributed by atoms with Gasteiger partial charge in [-0.05, 0) is 144 Å². The second kappa shape index (κ2) is 34.9. The Kier molecular flexibility index (Phi) is 27.8. The average Bonchev–Trinajstić information content (AvgIpc) is 2.37. The minimum Gasteiger partial charge on any atom is -0.496 e. The van der Waals surface area contributed by atoms with E-state index < -0.39 is 35.3 Å². The fourth-order valence-corrected chi connectivity index (χ4v) is 13.0. The number of hydrogen-bond acceptors (Lipinski definition) is 16. The zero-order valence-electron chi connectivity index (χ0n) is 54.3. The highest BCUT2D eigenvalue weighted by atomic mass is 16.5. The molecule has 2 bridgehead atoms. The van der Waals surface area contributed by atoms with Crippen LogP contribution in [-0.4, -0.2) is 264 Å². The van der Waals surface area contributed by atoms with E-state index in [4.69, 9.17) is 14.6 Å². The number of nitrogens with zero attached hydrogens (tertiary/aromatic N) is 9. The summed E-state index contributed by atoms with van der Waals surface area (Å²) in [5, 5.41) is 50.2. The summed E-state index contributed by atoms with van der Waals surface area (Å²) in [6.07, 6.45) is 8.56. The van der Waals surface area contributed by atoms with Crippen LogP contribution in [0.3, 0.4) is 0 Å². The number of carbonyl (C=O) groups excluding carboxylic acids is 4. The Morgan fingerprint density at radius 3 is 1.76 bits per heavy atom. The van der Waals surface area contributed by atoms with Gasteiger partial charge in [-0.1, -0.05) is 39.7 Å². The summed E-state index contributed by atoms with van der Waals surface area (Å²) in [6.45, 7) is 10.9. The van der Waals surface area contributed by atoms with Gasteiger partial charge in [-0.25, -0.2) is 9.48 Å². The molecule has 0 spiro atoms. The van der Waals surface area contributed by atoms with E-state index in [1.54, 1.807) is 87.8 Å². The quantitative estimate of drug-likeness (QED) is 0.0455. The lowest BCUT2D eigenvalue weighted by atomic mass is 9.59. The summed E-state index contributed by atoms with van der Waals surface area (Å²) in [4.78, 5) is 115. The number of ether oxygens (including phenoxy) is 2. The van der Waals surface area contributed by atoms with Crippen LogP contribution >= 0.6 is 0 Å². The van der Waals surface area contributed by atoms with E-state index in [-0.39, 0.29) is 87.6 Å². The molecule has 0 radical (unpaired) electrons. The molecular formula is C65H99N11O14. The minimum absolute atomic E-state index is 0.0337. The number of carbonyl (C=O) groups is 8. The predicted octanol–water partition coefficient (Wildman–Crippen LogP) is 4.86. The highest BCUT2D eigenvalue weighted by Crippen LogP contribution is 2.49. The number of nitrogens with one attached hydrogen (secondary N) is 2. The number of aromatic nitrogens is 2. The average molecular weight is 1260 g/mol. The largest absolute Gasteiger partial charge is 0.496 e. The Bertz CT molecular complexity index is 2870. The number of carboxylic acid groups (broad SMARTS) is 4. The second-order valence-electron chi connectivity index (χ2n) is 25.1. The monoisotopic (exact) mass is 1260 g/mol. The van der Waals surface area contributed by atoms with Crippen LogP contribution in [0.15, 0.2) is 42.5 Å². The Morgan fingerprint density at radius 2 is 1.23 bits per heavy atom. The Morgan fingerprint density at radius 1 is 0.678 bits per heavy atom. The summed E-state index contributed by atoms with van der Waals surface area (Å²) in [5.41, 5.74) is 1.57. The molecule has 1 saturated heterocycles. The summed E-state index contributed by atoms with van der Waals surface area (Å²) >= 11 is 0. The zero-order chi connectivity index (χ0) is 65.7. The Labute approximate surface area is 529 Å². The van der Waals surface area contributed by atoms with Crippen molar-refractivity contribution in [2.45, 2.75) is 109 Å². The van der Waals surface area contributed by atoms with Gasteiger partial charge >= 0.3 is 23.9 Å². The lowest BCUT2D eigenvalue weighted by Gasteiger charge is -2.49. The van der Waals surface area contributed by atoms with Crippen molar-refractivity contribution in [3.8, 4) is 28.4 Å². The van der Waals surface area contributed by atoms with Crippen LogP contribution in [0.2, 0.25) is 0 Å². The van der Waals surface area contributed by atoms with Crippen LogP contribution in [0.4, 0.5) is 0 Å². The van der Waals surface area contributed by atoms with Gasteiger partial charge in [0, 0.05) is 98.1 Å². The molecule has 6 rings (SSSR count). The van der Waals surface area contributed by atoms with Gasteiger partial charge in [-0.3, -0.25) is 53.2 Å². The van der Waals surface area contributed by atoms with Crippen molar-refractivity contribution in [3.05, 3.63) is 59.3 Å². The zero-order valence-corrected chi connectivity index (χ0v) is 54.3. The van der Waals surface area contributed by atoms with Crippen LogP contribution in [0, 0.1) is 17.8 Å². The molecule has 25 heteroatoms. The number of hydrogen-bond donors (Lipinski definition) is 6. The third kappa shape index (κ3) is 20.7. The first kappa shape index (κ1) is 71.9. The van der Waals surface area contributed by atoms with Crippen LogP contribution in [0.5, 0.6) is 11.5 Å². The molecule has 3 fully saturated rings. The maximum atomic E-state index is 14.5. The van der Waals surface area contributed by atoms with Crippen LogP contribution in [0.25, 0.3) is 16.9 Å². The number of aliphatic carboxylic acids is 4. The standard InChI is InChI=1S/C65H99N11O14/c1-9-46-36-47-21-22-65(64(87)88,49(37-46)38-47)67-62(85)51-40-53(61-54(89-7)16-13-17-55(61)90-8)76(68-51)52-20-19-48(39-50(52)45(2)3)63(86)71(6)27-15-25-69(4)24-14-26-70(5)57(78)18-11-10-12-23-66-56(77)41-72-28-30-73(42-58(79)80)32-34-75(44-60(83)84)35-33-74(31-29-72)43-59(81)82/h13,16-17,19-20,39-40,45-47,49H,9-12,14-15,18,21-38,41-44H2,1-8H3,(H,66,77)(H,67,85)(H,79,80)(H,81,82)(H,83,84)(H,87,88). The van der Waals surface area contributed by atoms with E-state index in [9.17, 15) is 58.8 Å². The smallest absolute Gasteiger partial charge is 0.329 e. The van der Waals surface area contributed by atoms with Crippen molar-refractivity contribution < 1.29 is 68.3 Å². The molecule has 3 aromatic rings. The molecule has 2 heterocycles. The van der Waals surface area contributed by atoms with Crippen molar-refractivity contribution in [1.29, 1.82) is 0 Å². The number of rotatable bonds is 32. The third-order valence-corrected chi connectivity index (χ3v) is 18.2. The summed E-state index contributed by atoms with van der Waals surface area (Å²) in [5.74, 6) is -3.48. The van der Waals surface area contributed by atoms with Gasteiger partial charge in [0.2, 0.25) is 11.8 Å². The lowest BCUT2D eigenvalue weighted by Crippen LogP contribution is -2.62. The lowest BCUT2D eigenvalue weighted by molar-refractivity contribution is -0.151. The minimum atomic E-state index is -1.42. The highest BCUT2D eigenvalue weighted by Gasteiger charge is 2.53. The van der Waals surface area contributed by atoms with Crippen molar-refractivity contribution in [2.24, 2.45) is 17.8 Å². The maximum absolute atomic E-state index is 14.5. The van der Waals surface area contributed by atoms with Gasteiger partial charge in [0.05, 0.1) is 57.3 Å². The molecule has 1 aromatic heterocycles. The molecule has 4 atom stereocenters. The van der Waals surface area contributed by atoms with E-state index in [0.29, 0.717) is 124 Å². The molecule has 2 saturated carbocycles.